The number of fused-ring (bicyclic) bond motifs is 1. The Labute approximate surface area is 120 Å². The second-order valence-electron chi connectivity index (χ2n) is 6.68. The van der Waals surface area contributed by atoms with Crippen LogP contribution >= 0.6 is 0 Å². The first-order valence-electron chi connectivity index (χ1n) is 7.49. The van der Waals surface area contributed by atoms with Gasteiger partial charge in [-0.15, -0.1) is 0 Å². The minimum absolute atomic E-state index is 0.415. The van der Waals surface area contributed by atoms with Gasteiger partial charge in [-0.2, -0.15) is 0 Å². The molecular weight excluding hydrogens is 252 g/mol. The van der Waals surface area contributed by atoms with Gasteiger partial charge in [0.1, 0.15) is 13.2 Å². The molecule has 110 valence electrons. The lowest BCUT2D eigenvalue weighted by Crippen LogP contribution is -2.32. The monoisotopic (exact) mass is 276 g/mol. The Balaban J connectivity index is 1.77. The summed E-state index contributed by atoms with van der Waals surface area (Å²) < 4.78 is 11.2. The van der Waals surface area contributed by atoms with Crippen LogP contribution in [0.1, 0.15) is 39.5 Å². The van der Waals surface area contributed by atoms with Crippen LogP contribution in [0.2, 0.25) is 0 Å². The van der Waals surface area contributed by atoms with Crippen molar-refractivity contribution < 1.29 is 9.47 Å². The molecule has 1 unspecified atom stereocenters. The molecule has 0 bridgehead atoms. The molecule has 4 nitrogen and oxygen atoms in total. The van der Waals surface area contributed by atoms with Gasteiger partial charge in [0.15, 0.2) is 11.5 Å². The summed E-state index contributed by atoms with van der Waals surface area (Å²) in [5.74, 6) is 1.55. The van der Waals surface area contributed by atoms with Crippen molar-refractivity contribution in [3.05, 3.63) is 12.1 Å². The summed E-state index contributed by atoms with van der Waals surface area (Å²) in [6.45, 7) is 5.88. The lowest BCUT2D eigenvalue weighted by Gasteiger charge is -2.36. The smallest absolute Gasteiger partial charge is 0.163 e. The van der Waals surface area contributed by atoms with Gasteiger partial charge in [0.05, 0.1) is 11.4 Å². The molecule has 1 aromatic rings. The molecule has 4 heteroatoms. The number of rotatable bonds is 2. The predicted molar refractivity (Wildman–Crippen MR) is 81.5 cm³/mol. The van der Waals surface area contributed by atoms with Crippen LogP contribution in [0.5, 0.6) is 11.5 Å². The van der Waals surface area contributed by atoms with E-state index in [2.05, 4.69) is 19.2 Å². The Morgan fingerprint density at radius 1 is 1.20 bits per heavy atom. The summed E-state index contributed by atoms with van der Waals surface area (Å²) in [4.78, 5) is 0. The maximum Gasteiger partial charge on any atom is 0.163 e. The van der Waals surface area contributed by atoms with E-state index in [4.69, 9.17) is 15.2 Å². The third-order valence-electron chi connectivity index (χ3n) is 4.28. The van der Waals surface area contributed by atoms with Crippen molar-refractivity contribution >= 4 is 11.4 Å². The first-order chi connectivity index (χ1) is 9.53. The van der Waals surface area contributed by atoms with Crippen molar-refractivity contribution in [3.8, 4) is 11.5 Å². The van der Waals surface area contributed by atoms with Gasteiger partial charge >= 0.3 is 0 Å². The highest BCUT2D eigenvalue weighted by molar-refractivity contribution is 5.72. The van der Waals surface area contributed by atoms with Gasteiger partial charge in [0.25, 0.3) is 0 Å². The fraction of sp³-hybridized carbons (Fsp3) is 0.625. The number of anilines is 2. The minimum atomic E-state index is 0.415. The van der Waals surface area contributed by atoms with Crippen LogP contribution in [-0.4, -0.2) is 19.3 Å². The van der Waals surface area contributed by atoms with Crippen molar-refractivity contribution in [1.82, 2.24) is 0 Å². The fourth-order valence-electron chi connectivity index (χ4n) is 3.27. The van der Waals surface area contributed by atoms with Gasteiger partial charge in [-0.25, -0.2) is 0 Å². The highest BCUT2D eigenvalue weighted by Crippen LogP contribution is 2.40. The van der Waals surface area contributed by atoms with Crippen molar-refractivity contribution in [2.24, 2.45) is 5.41 Å². The molecule has 0 spiro atoms. The average molecular weight is 276 g/mol. The lowest BCUT2D eigenvalue weighted by atomic mass is 9.75. The van der Waals surface area contributed by atoms with Crippen molar-refractivity contribution in [2.75, 3.05) is 24.3 Å². The van der Waals surface area contributed by atoms with Crippen molar-refractivity contribution in [3.63, 3.8) is 0 Å². The molecule has 2 aliphatic rings. The lowest BCUT2D eigenvalue weighted by molar-refractivity contribution is 0.172. The third kappa shape index (κ3) is 2.79. The molecule has 3 rings (SSSR count). The maximum atomic E-state index is 6.13. The van der Waals surface area contributed by atoms with Crippen LogP contribution < -0.4 is 20.5 Å². The molecule has 3 N–H and O–H groups in total. The highest BCUT2D eigenvalue weighted by Gasteiger charge is 2.28. The molecule has 0 saturated heterocycles. The van der Waals surface area contributed by atoms with Crippen molar-refractivity contribution in [1.29, 1.82) is 0 Å². The van der Waals surface area contributed by atoms with Crippen LogP contribution in [0.4, 0.5) is 11.4 Å². The maximum absolute atomic E-state index is 6.13. The van der Waals surface area contributed by atoms with Crippen LogP contribution in [0.15, 0.2) is 12.1 Å². The van der Waals surface area contributed by atoms with E-state index < -0.39 is 0 Å². The second kappa shape index (κ2) is 5.08. The molecule has 1 heterocycles. The molecule has 1 aliphatic heterocycles. The normalized spacial score (nSPS) is 24.2. The van der Waals surface area contributed by atoms with E-state index in [1.165, 1.54) is 25.7 Å². The van der Waals surface area contributed by atoms with Crippen LogP contribution in [0, 0.1) is 5.41 Å². The summed E-state index contributed by atoms with van der Waals surface area (Å²) in [6, 6.07) is 4.33. The molecule has 1 fully saturated rings. The van der Waals surface area contributed by atoms with E-state index >= 15 is 0 Å². The third-order valence-corrected chi connectivity index (χ3v) is 4.28. The average Bonchev–Trinajstić information content (AvgIpc) is 2.38. The first-order valence-corrected chi connectivity index (χ1v) is 7.49. The number of hydrogen-bond donors (Lipinski definition) is 2. The molecule has 1 atom stereocenters. The van der Waals surface area contributed by atoms with Gasteiger partial charge < -0.3 is 20.5 Å². The quantitative estimate of drug-likeness (QED) is 0.813. The van der Waals surface area contributed by atoms with Crippen LogP contribution in [0.25, 0.3) is 0 Å². The zero-order valence-electron chi connectivity index (χ0n) is 12.4. The molecular formula is C16H24N2O2. The molecule has 1 aromatic carbocycles. The second-order valence-corrected chi connectivity index (χ2v) is 6.68. The summed E-state index contributed by atoms with van der Waals surface area (Å²) in [7, 11) is 0. The standard InChI is InChI=1S/C16H24N2O2/c1-16(2)5-3-4-11(10-16)18-13-9-15-14(8-12(13)17)19-6-7-20-15/h8-9,11,18H,3-7,10,17H2,1-2H3. The minimum Gasteiger partial charge on any atom is -0.486 e. The van der Waals surface area contributed by atoms with E-state index in [0.717, 1.165) is 22.9 Å². The summed E-state index contributed by atoms with van der Waals surface area (Å²) >= 11 is 0. The molecule has 0 radical (unpaired) electrons. The number of benzene rings is 1. The van der Waals surface area contributed by atoms with Gasteiger partial charge in [-0.3, -0.25) is 0 Å². The number of nitrogen functional groups attached to an aromatic ring is 1. The Bertz CT molecular complexity index is 499. The number of hydrogen-bond acceptors (Lipinski definition) is 4. The fourth-order valence-corrected chi connectivity index (χ4v) is 3.27. The molecule has 20 heavy (non-hydrogen) atoms. The van der Waals surface area contributed by atoms with E-state index in [1.807, 2.05) is 12.1 Å². The van der Waals surface area contributed by atoms with E-state index in [-0.39, 0.29) is 0 Å². The Morgan fingerprint density at radius 2 is 1.90 bits per heavy atom. The van der Waals surface area contributed by atoms with E-state index in [9.17, 15) is 0 Å². The summed E-state index contributed by atoms with van der Waals surface area (Å²) in [6.07, 6.45) is 4.97. The molecule has 1 aliphatic carbocycles. The summed E-state index contributed by atoms with van der Waals surface area (Å²) in [5, 5.41) is 3.59. The van der Waals surface area contributed by atoms with Crippen LogP contribution in [-0.2, 0) is 0 Å². The zero-order valence-corrected chi connectivity index (χ0v) is 12.4. The van der Waals surface area contributed by atoms with Crippen LogP contribution in [0.3, 0.4) is 0 Å². The molecule has 0 amide bonds. The zero-order chi connectivity index (χ0) is 14.2. The molecule has 0 aromatic heterocycles. The predicted octanol–water partition coefficient (Wildman–Crippen LogP) is 3.42. The Hall–Kier alpha value is -1.58. The highest BCUT2D eigenvalue weighted by atomic mass is 16.6. The van der Waals surface area contributed by atoms with Gasteiger partial charge in [0.2, 0.25) is 0 Å². The van der Waals surface area contributed by atoms with E-state index in [0.29, 0.717) is 24.7 Å². The largest absolute Gasteiger partial charge is 0.486 e. The van der Waals surface area contributed by atoms with Gasteiger partial charge in [0, 0.05) is 18.2 Å². The van der Waals surface area contributed by atoms with Gasteiger partial charge in [-0.05, 0) is 24.7 Å². The number of nitrogens with two attached hydrogens (primary N) is 1. The van der Waals surface area contributed by atoms with Gasteiger partial charge in [-0.1, -0.05) is 20.3 Å². The van der Waals surface area contributed by atoms with E-state index in [1.54, 1.807) is 0 Å². The van der Waals surface area contributed by atoms with Crippen molar-refractivity contribution in [2.45, 2.75) is 45.6 Å². The number of ether oxygens (including phenoxy) is 2. The topological polar surface area (TPSA) is 56.5 Å². The molecule has 1 saturated carbocycles. The summed E-state index contributed by atoms with van der Waals surface area (Å²) in [5.41, 5.74) is 8.25. The first kappa shape index (κ1) is 13.4. The number of nitrogens with one attached hydrogen (secondary N) is 1. The Kier molecular flexibility index (Phi) is 3.40. The SMILES string of the molecule is CC1(C)CCCC(Nc2cc3c(cc2N)OCCO3)C1. The Morgan fingerprint density at radius 3 is 2.60 bits per heavy atom.